The van der Waals surface area contributed by atoms with E-state index in [1.54, 1.807) is 11.1 Å². The number of carbonyl (C=O) groups excluding carboxylic acids is 1. The van der Waals surface area contributed by atoms with Gasteiger partial charge in [0.25, 0.3) is 0 Å². The molecule has 0 aliphatic carbocycles. The van der Waals surface area contributed by atoms with Crippen molar-refractivity contribution in [2.24, 2.45) is 0 Å². The average Bonchev–Trinajstić information content (AvgIpc) is 3.27. The number of aromatic nitrogens is 3. The molecule has 25 heavy (non-hydrogen) atoms. The highest BCUT2D eigenvalue weighted by molar-refractivity contribution is 7.15. The minimum atomic E-state index is -0.126. The molecule has 1 saturated heterocycles. The number of urea groups is 1. The highest BCUT2D eigenvalue weighted by Gasteiger charge is 2.23. The Morgan fingerprint density at radius 2 is 2.36 bits per heavy atom. The van der Waals surface area contributed by atoms with Crippen molar-refractivity contribution >= 4 is 22.5 Å². The van der Waals surface area contributed by atoms with Crippen LogP contribution in [0.1, 0.15) is 23.5 Å². The number of nitrogens with two attached hydrogens (primary N) is 1. The minimum absolute atomic E-state index is 0.0948. The summed E-state index contributed by atoms with van der Waals surface area (Å²) in [6.07, 6.45) is 4.46. The van der Waals surface area contributed by atoms with E-state index in [0.29, 0.717) is 31.2 Å². The quantitative estimate of drug-likeness (QED) is 0.772. The fraction of sp³-hybridized carbons (Fsp3) is 0.500. The Bertz CT molecular complexity index is 674. The molecule has 0 spiro atoms. The van der Waals surface area contributed by atoms with Gasteiger partial charge in [-0.2, -0.15) is 0 Å². The van der Waals surface area contributed by atoms with Crippen LogP contribution >= 0.6 is 11.3 Å². The molecule has 3 heterocycles. The van der Waals surface area contributed by atoms with Gasteiger partial charge in [-0.1, -0.05) is 17.4 Å². The summed E-state index contributed by atoms with van der Waals surface area (Å²) in [4.78, 5) is 18.7. The predicted octanol–water partition coefficient (Wildman–Crippen LogP) is 1.45. The smallest absolute Gasteiger partial charge is 0.317 e. The Labute approximate surface area is 150 Å². The lowest BCUT2D eigenvalue weighted by Gasteiger charge is -2.25. The Hall–Kier alpha value is -2.26. The normalized spacial score (nSPS) is 16.7. The lowest BCUT2D eigenvalue weighted by atomic mass is 10.2. The van der Waals surface area contributed by atoms with Gasteiger partial charge in [-0.05, 0) is 25.0 Å². The third-order valence-electron chi connectivity index (χ3n) is 3.91. The van der Waals surface area contributed by atoms with Crippen molar-refractivity contribution in [3.63, 3.8) is 0 Å². The zero-order valence-corrected chi connectivity index (χ0v) is 14.7. The number of anilines is 1. The van der Waals surface area contributed by atoms with Crippen LogP contribution in [0.3, 0.4) is 0 Å². The molecule has 1 fully saturated rings. The molecule has 134 valence electrons. The fourth-order valence-electron chi connectivity index (χ4n) is 2.70. The molecule has 1 atom stereocenters. The highest BCUT2D eigenvalue weighted by atomic mass is 32.1. The molecule has 1 aliphatic rings. The van der Waals surface area contributed by atoms with E-state index >= 15 is 0 Å². The van der Waals surface area contributed by atoms with Crippen molar-refractivity contribution in [1.29, 1.82) is 0 Å². The summed E-state index contributed by atoms with van der Waals surface area (Å²) in [5.74, 6) is 0. The van der Waals surface area contributed by atoms with Crippen LogP contribution < -0.4 is 11.1 Å². The molecule has 0 bridgehead atoms. The summed E-state index contributed by atoms with van der Waals surface area (Å²) in [5, 5.41) is 11.9. The number of amides is 2. The summed E-state index contributed by atoms with van der Waals surface area (Å²) < 4.78 is 5.68. The topological polar surface area (TPSA) is 106 Å². The first kappa shape index (κ1) is 17.6. The van der Waals surface area contributed by atoms with Crippen LogP contribution in [0.15, 0.2) is 24.4 Å². The van der Waals surface area contributed by atoms with Crippen LogP contribution in [-0.4, -0.2) is 51.9 Å². The van der Waals surface area contributed by atoms with Gasteiger partial charge >= 0.3 is 6.03 Å². The molecular weight excluding hydrogens is 340 g/mol. The van der Waals surface area contributed by atoms with Crippen molar-refractivity contribution in [2.45, 2.75) is 31.9 Å². The maximum absolute atomic E-state index is 12.6. The summed E-state index contributed by atoms with van der Waals surface area (Å²) in [6, 6.07) is 5.57. The van der Waals surface area contributed by atoms with Crippen molar-refractivity contribution in [1.82, 2.24) is 25.4 Å². The van der Waals surface area contributed by atoms with E-state index < -0.39 is 0 Å². The van der Waals surface area contributed by atoms with Gasteiger partial charge in [0.15, 0.2) is 0 Å². The van der Waals surface area contributed by atoms with Crippen LogP contribution in [-0.2, 0) is 17.7 Å². The molecule has 1 unspecified atom stereocenters. The molecule has 3 N–H and O–H groups in total. The van der Waals surface area contributed by atoms with Gasteiger partial charge in [-0.15, -0.1) is 10.2 Å². The predicted molar refractivity (Wildman–Crippen MR) is 95.0 cm³/mol. The van der Waals surface area contributed by atoms with E-state index in [9.17, 15) is 4.79 Å². The summed E-state index contributed by atoms with van der Waals surface area (Å²) in [6.45, 7) is 2.27. The van der Waals surface area contributed by atoms with Gasteiger partial charge in [-0.25, -0.2) is 4.79 Å². The van der Waals surface area contributed by atoms with Crippen LogP contribution in [0.4, 0.5) is 9.93 Å². The van der Waals surface area contributed by atoms with Gasteiger partial charge in [-0.3, -0.25) is 4.98 Å². The van der Waals surface area contributed by atoms with Gasteiger partial charge in [0.1, 0.15) is 5.01 Å². The molecule has 0 radical (unpaired) electrons. The maximum Gasteiger partial charge on any atom is 0.317 e. The van der Waals surface area contributed by atoms with Gasteiger partial charge in [0.05, 0.1) is 18.3 Å². The third-order valence-corrected chi connectivity index (χ3v) is 4.72. The molecular formula is C16H22N6O2S. The second-order valence-corrected chi connectivity index (χ2v) is 6.95. The van der Waals surface area contributed by atoms with Crippen molar-refractivity contribution in [2.75, 3.05) is 25.4 Å². The van der Waals surface area contributed by atoms with E-state index in [2.05, 4.69) is 20.5 Å². The van der Waals surface area contributed by atoms with E-state index in [0.717, 1.165) is 30.2 Å². The summed E-state index contributed by atoms with van der Waals surface area (Å²) in [7, 11) is 0. The van der Waals surface area contributed by atoms with Crippen molar-refractivity contribution in [3.8, 4) is 0 Å². The number of nitrogens with zero attached hydrogens (tertiary/aromatic N) is 4. The number of pyridine rings is 1. The second-order valence-electron chi connectivity index (χ2n) is 5.85. The Balaban J connectivity index is 1.55. The molecule has 1 aliphatic heterocycles. The first-order valence-corrected chi connectivity index (χ1v) is 9.14. The SMILES string of the molecule is Nc1nnc(CCNC(=O)N(Cc2ccccn2)CC2CCCO2)s1. The molecule has 2 amide bonds. The third kappa shape index (κ3) is 5.36. The number of ether oxygens (including phenoxy) is 1. The number of rotatable bonds is 7. The van der Waals surface area contributed by atoms with Gasteiger partial charge < -0.3 is 20.7 Å². The van der Waals surface area contributed by atoms with E-state index in [1.165, 1.54) is 11.3 Å². The summed E-state index contributed by atoms with van der Waals surface area (Å²) >= 11 is 1.34. The standard InChI is InChI=1S/C16H22N6O2S/c17-15-21-20-14(25-15)6-8-19-16(23)22(11-13-5-3-9-24-13)10-12-4-1-2-7-18-12/h1-2,4,7,13H,3,5-6,8-11H2,(H2,17,21)(H,19,23). The first-order chi connectivity index (χ1) is 12.2. The Kier molecular flexibility index (Phi) is 6.13. The number of hydrogen-bond donors (Lipinski definition) is 2. The number of hydrogen-bond acceptors (Lipinski definition) is 7. The zero-order valence-electron chi connectivity index (χ0n) is 13.9. The number of nitrogens with one attached hydrogen (secondary N) is 1. The van der Waals surface area contributed by atoms with E-state index in [4.69, 9.17) is 10.5 Å². The monoisotopic (exact) mass is 362 g/mol. The Morgan fingerprint density at radius 1 is 1.44 bits per heavy atom. The van der Waals surface area contributed by atoms with Gasteiger partial charge in [0, 0.05) is 32.3 Å². The van der Waals surface area contributed by atoms with E-state index in [1.807, 2.05) is 18.2 Å². The second kappa shape index (κ2) is 8.72. The van der Waals surface area contributed by atoms with Crippen molar-refractivity contribution < 1.29 is 9.53 Å². The lowest BCUT2D eigenvalue weighted by Crippen LogP contribution is -2.44. The van der Waals surface area contributed by atoms with Crippen molar-refractivity contribution in [3.05, 3.63) is 35.1 Å². The van der Waals surface area contributed by atoms with Crippen LogP contribution in [0.25, 0.3) is 0 Å². The molecule has 0 saturated carbocycles. The molecule has 9 heteroatoms. The lowest BCUT2D eigenvalue weighted by molar-refractivity contribution is 0.0792. The summed E-state index contributed by atoms with van der Waals surface area (Å²) in [5.41, 5.74) is 6.42. The van der Waals surface area contributed by atoms with Crippen LogP contribution in [0.5, 0.6) is 0 Å². The molecule has 8 nitrogen and oxygen atoms in total. The highest BCUT2D eigenvalue weighted by Crippen LogP contribution is 2.15. The number of nitrogen functional groups attached to an aromatic ring is 1. The van der Waals surface area contributed by atoms with E-state index in [-0.39, 0.29) is 12.1 Å². The molecule has 2 aromatic heterocycles. The molecule has 3 rings (SSSR count). The van der Waals surface area contributed by atoms with Crippen LogP contribution in [0, 0.1) is 0 Å². The largest absolute Gasteiger partial charge is 0.376 e. The first-order valence-electron chi connectivity index (χ1n) is 8.33. The minimum Gasteiger partial charge on any atom is -0.376 e. The fourth-order valence-corrected chi connectivity index (χ4v) is 3.31. The zero-order chi connectivity index (χ0) is 17.5. The molecule has 2 aromatic rings. The maximum atomic E-state index is 12.6. The Morgan fingerprint density at radius 3 is 3.04 bits per heavy atom. The average molecular weight is 362 g/mol. The molecule has 0 aromatic carbocycles. The van der Waals surface area contributed by atoms with Crippen LogP contribution in [0.2, 0.25) is 0 Å². The number of carbonyl (C=O) groups is 1. The van der Waals surface area contributed by atoms with Gasteiger partial charge in [0.2, 0.25) is 5.13 Å².